The minimum Gasteiger partial charge on any atom is -0.488 e. The summed E-state index contributed by atoms with van der Waals surface area (Å²) in [7, 11) is 0. The van der Waals surface area contributed by atoms with Crippen LogP contribution in [0, 0.1) is 5.82 Å². The van der Waals surface area contributed by atoms with Gasteiger partial charge in [-0.25, -0.2) is 4.39 Å². The molecular formula is C17H12FNO2. The molecule has 0 saturated heterocycles. The van der Waals surface area contributed by atoms with Gasteiger partial charge in [0, 0.05) is 17.1 Å². The van der Waals surface area contributed by atoms with Crippen LogP contribution in [0.5, 0.6) is 5.75 Å². The third kappa shape index (κ3) is 2.74. The summed E-state index contributed by atoms with van der Waals surface area (Å²) < 4.78 is 18.7. The zero-order chi connectivity index (χ0) is 14.7. The average Bonchev–Trinajstić information content (AvgIpc) is 2.53. The lowest BCUT2D eigenvalue weighted by Crippen LogP contribution is -2.00. The monoisotopic (exact) mass is 281 g/mol. The summed E-state index contributed by atoms with van der Waals surface area (Å²) in [4.78, 5) is 15.3. The van der Waals surface area contributed by atoms with Gasteiger partial charge in [0.1, 0.15) is 18.2 Å². The molecule has 4 heteroatoms. The van der Waals surface area contributed by atoms with E-state index in [2.05, 4.69) is 4.98 Å². The van der Waals surface area contributed by atoms with Crippen LogP contribution in [-0.2, 0) is 6.61 Å². The lowest BCUT2D eigenvalue weighted by atomic mass is 10.1. The van der Waals surface area contributed by atoms with Gasteiger partial charge >= 0.3 is 0 Å². The second-order valence-corrected chi connectivity index (χ2v) is 4.58. The fourth-order valence-electron chi connectivity index (χ4n) is 2.18. The maximum Gasteiger partial charge on any atom is 0.153 e. The normalized spacial score (nSPS) is 10.5. The van der Waals surface area contributed by atoms with Crippen LogP contribution in [0.1, 0.15) is 15.9 Å². The summed E-state index contributed by atoms with van der Waals surface area (Å²) in [6, 6.07) is 13.5. The first-order chi connectivity index (χ1) is 10.3. The van der Waals surface area contributed by atoms with Gasteiger partial charge in [-0.3, -0.25) is 9.78 Å². The summed E-state index contributed by atoms with van der Waals surface area (Å²) in [5.41, 5.74) is 1.97. The number of nitrogens with zero attached hydrogens (tertiary/aromatic N) is 1. The highest BCUT2D eigenvalue weighted by molar-refractivity contribution is 5.81. The topological polar surface area (TPSA) is 39.2 Å². The summed E-state index contributed by atoms with van der Waals surface area (Å²) in [5, 5.41) is 1.02. The number of benzene rings is 2. The van der Waals surface area contributed by atoms with E-state index in [-0.39, 0.29) is 12.2 Å². The maximum absolute atomic E-state index is 13.1. The Kier molecular flexibility index (Phi) is 3.60. The first kappa shape index (κ1) is 13.2. The molecule has 0 aliphatic rings. The van der Waals surface area contributed by atoms with E-state index in [0.29, 0.717) is 12.0 Å². The minimum atomic E-state index is -0.462. The molecule has 21 heavy (non-hydrogen) atoms. The van der Waals surface area contributed by atoms with Gasteiger partial charge in [-0.15, -0.1) is 0 Å². The molecule has 104 valence electrons. The van der Waals surface area contributed by atoms with Crippen LogP contribution in [0.15, 0.2) is 54.7 Å². The molecule has 0 spiro atoms. The van der Waals surface area contributed by atoms with Gasteiger partial charge in [-0.05, 0) is 24.3 Å². The number of pyridine rings is 1. The van der Waals surface area contributed by atoms with E-state index in [0.717, 1.165) is 22.5 Å². The Morgan fingerprint density at radius 1 is 1.14 bits per heavy atom. The lowest BCUT2D eigenvalue weighted by Gasteiger charge is -2.10. The Labute approximate surface area is 121 Å². The van der Waals surface area contributed by atoms with Crippen LogP contribution in [0.4, 0.5) is 4.39 Å². The summed E-state index contributed by atoms with van der Waals surface area (Å²) >= 11 is 0. The molecule has 0 amide bonds. The number of halogens is 1. The molecule has 0 saturated carbocycles. The molecule has 1 aromatic heterocycles. The summed E-state index contributed by atoms with van der Waals surface area (Å²) in [6.45, 7) is 0.265. The highest BCUT2D eigenvalue weighted by Gasteiger charge is 2.07. The number of hydrogen-bond donors (Lipinski definition) is 0. The average molecular weight is 281 g/mol. The van der Waals surface area contributed by atoms with Gasteiger partial charge in [-0.2, -0.15) is 0 Å². The van der Waals surface area contributed by atoms with Crippen molar-refractivity contribution < 1.29 is 13.9 Å². The molecule has 3 aromatic rings. The smallest absolute Gasteiger partial charge is 0.153 e. The Hall–Kier alpha value is -2.75. The van der Waals surface area contributed by atoms with Crippen LogP contribution in [0.2, 0.25) is 0 Å². The van der Waals surface area contributed by atoms with Gasteiger partial charge in [0.15, 0.2) is 6.29 Å². The molecule has 0 aliphatic heterocycles. The number of aldehydes is 1. The van der Waals surface area contributed by atoms with Crippen molar-refractivity contribution >= 4 is 17.2 Å². The van der Waals surface area contributed by atoms with Crippen LogP contribution < -0.4 is 4.74 Å². The van der Waals surface area contributed by atoms with Crippen LogP contribution in [-0.4, -0.2) is 11.3 Å². The molecule has 2 aromatic carbocycles. The van der Waals surface area contributed by atoms with E-state index >= 15 is 0 Å². The van der Waals surface area contributed by atoms with Crippen molar-refractivity contribution in [2.45, 2.75) is 6.61 Å². The summed E-state index contributed by atoms with van der Waals surface area (Å²) in [5.74, 6) is -0.101. The lowest BCUT2D eigenvalue weighted by molar-refractivity contribution is 0.111. The van der Waals surface area contributed by atoms with E-state index in [1.54, 1.807) is 6.20 Å². The van der Waals surface area contributed by atoms with Gasteiger partial charge in [-0.1, -0.05) is 24.3 Å². The van der Waals surface area contributed by atoms with E-state index < -0.39 is 5.82 Å². The van der Waals surface area contributed by atoms with Crippen molar-refractivity contribution in [3.8, 4) is 5.75 Å². The SMILES string of the molecule is O=Cc1cc(F)ccc1OCc1cccc2cccnc12. The third-order valence-corrected chi connectivity index (χ3v) is 3.20. The molecule has 0 aliphatic carbocycles. The highest BCUT2D eigenvalue weighted by atomic mass is 19.1. The summed E-state index contributed by atoms with van der Waals surface area (Å²) in [6.07, 6.45) is 2.31. The largest absolute Gasteiger partial charge is 0.488 e. The van der Waals surface area contributed by atoms with E-state index in [1.807, 2.05) is 30.3 Å². The molecule has 0 radical (unpaired) electrons. The number of hydrogen-bond acceptors (Lipinski definition) is 3. The van der Waals surface area contributed by atoms with Crippen molar-refractivity contribution in [3.05, 3.63) is 71.7 Å². The Morgan fingerprint density at radius 3 is 2.86 bits per heavy atom. The first-order valence-corrected chi connectivity index (χ1v) is 6.48. The minimum absolute atomic E-state index is 0.197. The standard InChI is InChI=1S/C17H12FNO2/c18-15-6-7-16(14(9-15)10-20)21-11-13-4-1-3-12-5-2-8-19-17(12)13/h1-10H,11H2. The zero-order valence-corrected chi connectivity index (χ0v) is 11.1. The predicted octanol–water partition coefficient (Wildman–Crippen LogP) is 3.77. The van der Waals surface area contributed by atoms with Gasteiger partial charge in [0.2, 0.25) is 0 Å². The fourth-order valence-corrected chi connectivity index (χ4v) is 2.18. The molecule has 0 bridgehead atoms. The van der Waals surface area contributed by atoms with Crippen molar-refractivity contribution in [1.29, 1.82) is 0 Å². The Balaban J connectivity index is 1.89. The second-order valence-electron chi connectivity index (χ2n) is 4.58. The molecule has 0 atom stereocenters. The number of carbonyl (C=O) groups excluding carboxylic acids is 1. The first-order valence-electron chi connectivity index (χ1n) is 6.48. The molecule has 0 fully saturated rings. The van der Waals surface area contributed by atoms with Crippen molar-refractivity contribution in [2.24, 2.45) is 0 Å². The zero-order valence-electron chi connectivity index (χ0n) is 11.1. The second kappa shape index (κ2) is 5.71. The predicted molar refractivity (Wildman–Crippen MR) is 77.9 cm³/mol. The Morgan fingerprint density at radius 2 is 2.00 bits per heavy atom. The number of aromatic nitrogens is 1. The van der Waals surface area contributed by atoms with Crippen LogP contribution in [0.25, 0.3) is 10.9 Å². The van der Waals surface area contributed by atoms with Crippen molar-refractivity contribution in [1.82, 2.24) is 4.98 Å². The van der Waals surface area contributed by atoms with Crippen molar-refractivity contribution in [3.63, 3.8) is 0 Å². The van der Waals surface area contributed by atoms with Gasteiger partial charge < -0.3 is 4.74 Å². The maximum atomic E-state index is 13.1. The molecule has 0 N–H and O–H groups in total. The number of ether oxygens (including phenoxy) is 1. The highest BCUT2D eigenvalue weighted by Crippen LogP contribution is 2.21. The van der Waals surface area contributed by atoms with Gasteiger partial charge in [0.05, 0.1) is 11.1 Å². The van der Waals surface area contributed by atoms with Gasteiger partial charge in [0.25, 0.3) is 0 Å². The molecule has 3 nitrogen and oxygen atoms in total. The molecular weight excluding hydrogens is 269 g/mol. The fraction of sp³-hybridized carbons (Fsp3) is 0.0588. The van der Waals surface area contributed by atoms with Crippen molar-refractivity contribution in [2.75, 3.05) is 0 Å². The van der Waals surface area contributed by atoms with E-state index in [4.69, 9.17) is 4.74 Å². The molecule has 1 heterocycles. The van der Waals surface area contributed by atoms with E-state index in [1.165, 1.54) is 12.1 Å². The number of fused-ring (bicyclic) bond motifs is 1. The van der Waals surface area contributed by atoms with Crippen LogP contribution in [0.3, 0.4) is 0 Å². The quantitative estimate of drug-likeness (QED) is 0.683. The van der Waals surface area contributed by atoms with E-state index in [9.17, 15) is 9.18 Å². The number of carbonyl (C=O) groups is 1. The Bertz CT molecular complexity index is 796. The van der Waals surface area contributed by atoms with Crippen LogP contribution >= 0.6 is 0 Å². The number of rotatable bonds is 4. The third-order valence-electron chi connectivity index (χ3n) is 3.20. The molecule has 0 unspecified atom stereocenters. The number of para-hydroxylation sites is 1. The molecule has 3 rings (SSSR count).